The maximum absolute atomic E-state index is 13.2. The number of benzene rings is 2. The Kier molecular flexibility index (Phi) is 32.6. The van der Waals surface area contributed by atoms with Gasteiger partial charge < -0.3 is 21.1 Å². The van der Waals surface area contributed by atoms with Crippen LogP contribution < -0.4 is 16.0 Å². The molecule has 2 aromatic carbocycles. The fourth-order valence-corrected chi connectivity index (χ4v) is 6.85. The molecule has 0 heterocycles. The first-order valence-corrected chi connectivity index (χ1v) is 19.3. The number of terminal acetylenes is 2. The molecule has 4 N–H and O–H groups in total. The monoisotopic (exact) mass is 751 g/mol. The number of carbonyl (C=O) groups is 2. The summed E-state index contributed by atoms with van der Waals surface area (Å²) >= 11 is 0. The van der Waals surface area contributed by atoms with Gasteiger partial charge in [-0.25, -0.2) is 12.8 Å². The lowest BCUT2D eigenvalue weighted by molar-refractivity contribution is -0.122. The lowest BCUT2D eigenvalue weighted by Crippen LogP contribution is -2.51. The number of aromatic hydroxyl groups is 1. The quantitative estimate of drug-likeness (QED) is 0.0499. The van der Waals surface area contributed by atoms with E-state index in [2.05, 4.69) is 86.5 Å². The number of allylic oxidation sites excluding steroid dienone is 5. The fourth-order valence-electron chi connectivity index (χ4n) is 4.69. The third kappa shape index (κ3) is 24.1. The van der Waals surface area contributed by atoms with Crippen molar-refractivity contribution in [3.8, 4) is 31.4 Å². The number of aryl methyl sites for hydroxylation is 1. The minimum Gasteiger partial charge on any atom is -0.508 e. The molecular formula is C43H62FN3O5S. The lowest BCUT2D eigenvalue weighted by Gasteiger charge is -2.22. The third-order valence-corrected chi connectivity index (χ3v) is 9.67. The molecule has 0 saturated carbocycles. The number of hydrogen-bond donors (Lipinski definition) is 4. The Labute approximate surface area is 320 Å². The highest BCUT2D eigenvalue weighted by atomic mass is 32.2. The van der Waals surface area contributed by atoms with Crippen LogP contribution in [0.15, 0.2) is 97.9 Å². The molecule has 0 aliphatic heterocycles. The summed E-state index contributed by atoms with van der Waals surface area (Å²) in [4.78, 5) is 25.9. The molecule has 8 nitrogen and oxygen atoms in total. The lowest BCUT2D eigenvalue weighted by atomic mass is 10.1. The number of rotatable bonds is 19. The van der Waals surface area contributed by atoms with E-state index >= 15 is 0 Å². The van der Waals surface area contributed by atoms with Crippen molar-refractivity contribution in [3.05, 3.63) is 115 Å². The largest absolute Gasteiger partial charge is 0.508 e. The molecule has 0 bridgehead atoms. The highest BCUT2D eigenvalue weighted by Crippen LogP contribution is 2.17. The summed E-state index contributed by atoms with van der Waals surface area (Å²) in [5, 5.41) is 17.9. The van der Waals surface area contributed by atoms with Crippen LogP contribution in [0.2, 0.25) is 0 Å². The first-order chi connectivity index (χ1) is 25.4. The second-order valence-corrected chi connectivity index (χ2v) is 13.7. The zero-order valence-electron chi connectivity index (χ0n) is 32.4. The number of sulfone groups is 1. The molecule has 0 aliphatic carbocycles. The summed E-state index contributed by atoms with van der Waals surface area (Å²) in [7, 11) is -3.64. The fraction of sp³-hybridized carbons (Fsp3) is 0.395. The second kappa shape index (κ2) is 33.0. The van der Waals surface area contributed by atoms with Gasteiger partial charge in [-0.2, -0.15) is 0 Å². The SMILES string of the molecule is C#C.C#C.C=C.C=C/C(C)=C\C(F)=C/C.CCCC(CCC)S(=O)(=O)C[C@@H](NC(=O)c1cccc(O)c1)C(=O)NCCCNCc1cccc(CC)c1. The van der Waals surface area contributed by atoms with Crippen LogP contribution >= 0.6 is 0 Å². The van der Waals surface area contributed by atoms with Gasteiger partial charge in [0.25, 0.3) is 5.91 Å². The average Bonchev–Trinajstić information content (AvgIpc) is 3.18. The van der Waals surface area contributed by atoms with E-state index in [1.54, 1.807) is 19.9 Å². The molecular weight excluding hydrogens is 690 g/mol. The maximum atomic E-state index is 13.2. The zero-order valence-corrected chi connectivity index (χ0v) is 33.2. The molecule has 0 aliphatic rings. The highest BCUT2D eigenvalue weighted by Gasteiger charge is 2.32. The van der Waals surface area contributed by atoms with E-state index in [1.165, 1.54) is 47.5 Å². The Morgan fingerprint density at radius 1 is 0.943 bits per heavy atom. The van der Waals surface area contributed by atoms with E-state index < -0.39 is 38.7 Å². The number of hydrogen-bond acceptors (Lipinski definition) is 6. The minimum absolute atomic E-state index is 0.0915. The second-order valence-electron chi connectivity index (χ2n) is 11.4. The topological polar surface area (TPSA) is 125 Å². The summed E-state index contributed by atoms with van der Waals surface area (Å²) in [6.45, 7) is 20.7. The normalized spacial score (nSPS) is 11.3. The van der Waals surface area contributed by atoms with Crippen LogP contribution in [-0.2, 0) is 27.6 Å². The number of carbonyl (C=O) groups excluding carboxylic acids is 2. The summed E-state index contributed by atoms with van der Waals surface area (Å²) in [6, 6.07) is 12.9. The molecule has 0 saturated heterocycles. The standard InChI is InChI=1S/C29H43N3O5S.C8H11F.C2H4.2C2H2/c1-4-10-26(11-5-2)38(36,37)21-27(32-28(34)24-14-8-15-25(33)19-24)29(35)31-17-9-16-30-20-23-13-7-12-22(6-3)18-23;1-4-7(3)6-8(9)5-2;3*1-2/h7-8,12-15,18-19,26-27,30,33H,4-6,9-11,16-17,20-21H2,1-3H3,(H,31,35)(H,32,34);4-6H,1H2,2-3H3;1-2H2;2*1-2H/b;7-6-,8-5+;;;/t27-;;;;/m1..../s1. The Hall–Kier alpha value is -4.90. The molecule has 0 aromatic heterocycles. The highest BCUT2D eigenvalue weighted by molar-refractivity contribution is 7.92. The minimum atomic E-state index is -3.64. The van der Waals surface area contributed by atoms with Gasteiger partial charge in [0.15, 0.2) is 9.84 Å². The molecule has 0 radical (unpaired) electrons. The van der Waals surface area contributed by atoms with E-state index in [0.29, 0.717) is 45.2 Å². The summed E-state index contributed by atoms with van der Waals surface area (Å²) in [5.74, 6) is -1.93. The smallest absolute Gasteiger partial charge is 0.252 e. The molecule has 2 amide bonds. The number of phenols is 1. The van der Waals surface area contributed by atoms with Gasteiger partial charge in [-0.1, -0.05) is 82.7 Å². The predicted octanol–water partition coefficient (Wildman–Crippen LogP) is 8.03. The number of amides is 2. The van der Waals surface area contributed by atoms with Crippen molar-refractivity contribution >= 4 is 21.7 Å². The third-order valence-electron chi connectivity index (χ3n) is 7.38. The van der Waals surface area contributed by atoms with Crippen LogP contribution in [0, 0.1) is 25.7 Å². The van der Waals surface area contributed by atoms with Gasteiger partial charge >= 0.3 is 0 Å². The molecule has 10 heteroatoms. The molecule has 0 spiro atoms. The van der Waals surface area contributed by atoms with Crippen molar-refractivity contribution in [1.29, 1.82) is 0 Å². The summed E-state index contributed by atoms with van der Waals surface area (Å²) in [6.07, 6.45) is 24.5. The van der Waals surface area contributed by atoms with Gasteiger partial charge in [-0.15, -0.1) is 38.9 Å². The van der Waals surface area contributed by atoms with Crippen molar-refractivity contribution in [1.82, 2.24) is 16.0 Å². The van der Waals surface area contributed by atoms with E-state index in [-0.39, 0.29) is 17.1 Å². The Morgan fingerprint density at radius 3 is 2.06 bits per heavy atom. The molecule has 53 heavy (non-hydrogen) atoms. The first-order valence-electron chi connectivity index (χ1n) is 17.6. The Morgan fingerprint density at radius 2 is 1.53 bits per heavy atom. The van der Waals surface area contributed by atoms with Crippen LogP contribution in [-0.4, -0.2) is 55.5 Å². The maximum Gasteiger partial charge on any atom is 0.252 e. The van der Waals surface area contributed by atoms with Crippen molar-refractivity contribution in [2.45, 2.75) is 91.0 Å². The van der Waals surface area contributed by atoms with Crippen molar-refractivity contribution in [3.63, 3.8) is 0 Å². The van der Waals surface area contributed by atoms with E-state index in [0.717, 1.165) is 18.5 Å². The molecule has 2 aromatic rings. The zero-order chi connectivity index (χ0) is 41.2. The van der Waals surface area contributed by atoms with Crippen LogP contribution in [0.5, 0.6) is 5.75 Å². The van der Waals surface area contributed by atoms with Crippen molar-refractivity contribution in [2.24, 2.45) is 0 Å². The molecule has 2 rings (SSSR count). The van der Waals surface area contributed by atoms with Crippen molar-refractivity contribution in [2.75, 3.05) is 18.8 Å². The Bertz CT molecular complexity index is 1530. The van der Waals surface area contributed by atoms with Gasteiger partial charge in [0.1, 0.15) is 17.6 Å². The molecule has 0 unspecified atom stereocenters. The van der Waals surface area contributed by atoms with Gasteiger partial charge in [-0.3, -0.25) is 9.59 Å². The first kappa shape index (κ1) is 52.5. The Balaban J connectivity index is -0.00000142. The van der Waals surface area contributed by atoms with E-state index in [4.69, 9.17) is 0 Å². The number of halogens is 1. The molecule has 292 valence electrons. The molecule has 0 fully saturated rings. The van der Waals surface area contributed by atoms with Crippen LogP contribution in [0.1, 0.15) is 88.2 Å². The number of phenolic OH excluding ortho intramolecular Hbond substituents is 1. The van der Waals surface area contributed by atoms with Crippen LogP contribution in [0.25, 0.3) is 0 Å². The average molecular weight is 752 g/mol. The van der Waals surface area contributed by atoms with Crippen LogP contribution in [0.4, 0.5) is 4.39 Å². The van der Waals surface area contributed by atoms with Crippen LogP contribution in [0.3, 0.4) is 0 Å². The van der Waals surface area contributed by atoms with Gasteiger partial charge in [-0.05, 0) is 87.1 Å². The summed E-state index contributed by atoms with van der Waals surface area (Å²) in [5.41, 5.74) is 3.47. The van der Waals surface area contributed by atoms with Crippen molar-refractivity contribution < 1.29 is 27.5 Å². The molecule has 1 atom stereocenters. The van der Waals surface area contributed by atoms with Gasteiger partial charge in [0.05, 0.1) is 11.0 Å². The number of nitrogens with one attached hydrogen (secondary N) is 3. The predicted molar refractivity (Wildman–Crippen MR) is 222 cm³/mol. The van der Waals surface area contributed by atoms with Gasteiger partial charge in [0, 0.05) is 18.7 Å². The summed E-state index contributed by atoms with van der Waals surface area (Å²) < 4.78 is 38.7. The van der Waals surface area contributed by atoms with Gasteiger partial charge in [0.2, 0.25) is 5.91 Å². The van der Waals surface area contributed by atoms with E-state index in [9.17, 15) is 27.5 Å². The van der Waals surface area contributed by atoms with E-state index in [1.807, 2.05) is 19.9 Å².